The summed E-state index contributed by atoms with van der Waals surface area (Å²) in [6, 6.07) is 11.4. The minimum Gasteiger partial charge on any atom is -0.399 e. The van der Waals surface area contributed by atoms with E-state index in [4.69, 9.17) is 5.73 Å². The summed E-state index contributed by atoms with van der Waals surface area (Å²) in [5.41, 5.74) is 6.67. The maximum absolute atomic E-state index is 13.7. The summed E-state index contributed by atoms with van der Waals surface area (Å²) in [6.45, 7) is 1.84. The molecule has 0 aromatic heterocycles. The normalized spacial score (nSPS) is 11.9. The Labute approximate surface area is 125 Å². The van der Waals surface area contributed by atoms with Crippen molar-refractivity contribution in [3.63, 3.8) is 0 Å². The van der Waals surface area contributed by atoms with Crippen molar-refractivity contribution >= 4 is 27.5 Å². The molecular formula is C15H14BrFN2O. The molecule has 0 aliphatic rings. The average molecular weight is 337 g/mol. The lowest BCUT2D eigenvalue weighted by molar-refractivity contribution is 0.0936. The van der Waals surface area contributed by atoms with Crippen LogP contribution in [0.5, 0.6) is 0 Å². The molecule has 0 bridgehead atoms. The Kier molecular flexibility index (Phi) is 4.39. The molecule has 2 rings (SSSR count). The molecule has 0 aliphatic heterocycles. The first-order valence-corrected chi connectivity index (χ1v) is 6.88. The molecule has 0 saturated carbocycles. The third kappa shape index (κ3) is 3.36. The van der Waals surface area contributed by atoms with Crippen LogP contribution >= 0.6 is 15.9 Å². The quantitative estimate of drug-likeness (QED) is 0.840. The topological polar surface area (TPSA) is 55.1 Å². The fourth-order valence-electron chi connectivity index (χ4n) is 1.85. The van der Waals surface area contributed by atoms with Gasteiger partial charge in [-0.15, -0.1) is 0 Å². The monoisotopic (exact) mass is 336 g/mol. The highest BCUT2D eigenvalue weighted by atomic mass is 79.9. The van der Waals surface area contributed by atoms with E-state index in [1.165, 1.54) is 12.1 Å². The largest absolute Gasteiger partial charge is 0.399 e. The summed E-state index contributed by atoms with van der Waals surface area (Å²) < 4.78 is 14.6. The molecule has 2 aromatic rings. The van der Waals surface area contributed by atoms with Crippen LogP contribution in [0.2, 0.25) is 0 Å². The summed E-state index contributed by atoms with van der Waals surface area (Å²) in [5, 5.41) is 2.76. The Bertz CT molecular complexity index is 646. The number of anilines is 1. The predicted molar refractivity (Wildman–Crippen MR) is 80.8 cm³/mol. The summed E-state index contributed by atoms with van der Waals surface area (Å²) in [7, 11) is 0. The van der Waals surface area contributed by atoms with E-state index in [0.29, 0.717) is 5.69 Å². The zero-order valence-corrected chi connectivity index (χ0v) is 12.4. The molecule has 0 heterocycles. The molecule has 0 aliphatic carbocycles. The Balaban J connectivity index is 2.15. The van der Waals surface area contributed by atoms with Crippen LogP contribution < -0.4 is 11.1 Å². The Morgan fingerprint density at radius 1 is 1.30 bits per heavy atom. The van der Waals surface area contributed by atoms with Gasteiger partial charge >= 0.3 is 0 Å². The number of amides is 1. The van der Waals surface area contributed by atoms with Crippen molar-refractivity contribution in [2.24, 2.45) is 0 Å². The summed E-state index contributed by atoms with van der Waals surface area (Å²) in [4.78, 5) is 12.0. The van der Waals surface area contributed by atoms with Crippen molar-refractivity contribution in [1.82, 2.24) is 5.32 Å². The van der Waals surface area contributed by atoms with Gasteiger partial charge in [0.15, 0.2) is 0 Å². The fourth-order valence-corrected chi connectivity index (χ4v) is 2.27. The number of hydrogen-bond donors (Lipinski definition) is 2. The summed E-state index contributed by atoms with van der Waals surface area (Å²) in [6.07, 6.45) is 0. The molecule has 0 radical (unpaired) electrons. The molecular weight excluding hydrogens is 323 g/mol. The van der Waals surface area contributed by atoms with Gasteiger partial charge in [0.2, 0.25) is 0 Å². The molecule has 5 heteroatoms. The highest BCUT2D eigenvalue weighted by Crippen LogP contribution is 2.19. The third-order valence-electron chi connectivity index (χ3n) is 2.93. The van der Waals surface area contributed by atoms with Gasteiger partial charge in [-0.05, 0) is 42.8 Å². The lowest BCUT2D eigenvalue weighted by Gasteiger charge is -2.15. The predicted octanol–water partition coefficient (Wildman–Crippen LogP) is 3.66. The molecule has 1 amide bonds. The van der Waals surface area contributed by atoms with Gasteiger partial charge in [-0.3, -0.25) is 4.79 Å². The van der Waals surface area contributed by atoms with Crippen molar-refractivity contribution < 1.29 is 9.18 Å². The highest BCUT2D eigenvalue weighted by molar-refractivity contribution is 9.10. The van der Waals surface area contributed by atoms with Gasteiger partial charge in [-0.1, -0.05) is 28.1 Å². The van der Waals surface area contributed by atoms with Gasteiger partial charge in [0.05, 0.1) is 11.6 Å². The summed E-state index contributed by atoms with van der Waals surface area (Å²) >= 11 is 3.37. The number of hydrogen-bond acceptors (Lipinski definition) is 2. The maximum Gasteiger partial charge on any atom is 0.254 e. The molecule has 1 atom stereocenters. The van der Waals surface area contributed by atoms with E-state index in [9.17, 15) is 9.18 Å². The van der Waals surface area contributed by atoms with Gasteiger partial charge < -0.3 is 11.1 Å². The van der Waals surface area contributed by atoms with Crippen LogP contribution in [0.4, 0.5) is 10.1 Å². The molecule has 0 fully saturated rings. The van der Waals surface area contributed by atoms with Crippen molar-refractivity contribution in [1.29, 1.82) is 0 Å². The molecule has 3 N–H and O–H groups in total. The van der Waals surface area contributed by atoms with E-state index in [-0.39, 0.29) is 11.6 Å². The van der Waals surface area contributed by atoms with Crippen molar-refractivity contribution in [3.05, 3.63) is 63.9 Å². The van der Waals surface area contributed by atoms with E-state index >= 15 is 0 Å². The molecule has 0 saturated heterocycles. The van der Waals surface area contributed by atoms with Crippen LogP contribution in [0.1, 0.15) is 28.9 Å². The number of nitrogen functional groups attached to an aromatic ring is 1. The third-order valence-corrected chi connectivity index (χ3v) is 3.43. The fraction of sp³-hybridized carbons (Fsp3) is 0.133. The minimum atomic E-state index is -0.621. The number of carbonyl (C=O) groups excluding carboxylic acids is 1. The van der Waals surface area contributed by atoms with E-state index in [1.807, 2.05) is 31.2 Å². The van der Waals surface area contributed by atoms with Crippen molar-refractivity contribution in [2.45, 2.75) is 13.0 Å². The molecule has 0 spiro atoms. The number of benzene rings is 2. The first-order chi connectivity index (χ1) is 9.47. The van der Waals surface area contributed by atoms with Crippen LogP contribution in [-0.2, 0) is 0 Å². The molecule has 3 nitrogen and oxygen atoms in total. The molecule has 2 aromatic carbocycles. The van der Waals surface area contributed by atoms with Crippen LogP contribution in [0.3, 0.4) is 0 Å². The first-order valence-electron chi connectivity index (χ1n) is 6.08. The smallest absolute Gasteiger partial charge is 0.254 e. The van der Waals surface area contributed by atoms with Gasteiger partial charge in [0.1, 0.15) is 5.82 Å². The Hall–Kier alpha value is -1.88. The lowest BCUT2D eigenvalue weighted by Crippen LogP contribution is -2.27. The number of nitrogens with one attached hydrogen (secondary N) is 1. The SMILES string of the molecule is C[C@@H](NC(=O)c1ccc(N)cc1F)c1cccc(Br)c1. The number of rotatable bonds is 3. The van der Waals surface area contributed by atoms with Crippen LogP contribution in [0.25, 0.3) is 0 Å². The average Bonchev–Trinajstić information content (AvgIpc) is 2.38. The van der Waals surface area contributed by atoms with Crippen LogP contribution in [0, 0.1) is 5.82 Å². The van der Waals surface area contributed by atoms with E-state index in [1.54, 1.807) is 0 Å². The van der Waals surface area contributed by atoms with Gasteiger partial charge in [-0.25, -0.2) is 4.39 Å². The van der Waals surface area contributed by atoms with Gasteiger partial charge in [-0.2, -0.15) is 0 Å². The summed E-state index contributed by atoms with van der Waals surface area (Å²) in [5.74, 6) is -1.08. The number of nitrogens with two attached hydrogens (primary N) is 1. The second kappa shape index (κ2) is 6.05. The van der Waals surface area contributed by atoms with Crippen LogP contribution in [-0.4, -0.2) is 5.91 Å². The second-order valence-electron chi connectivity index (χ2n) is 4.49. The van der Waals surface area contributed by atoms with E-state index in [2.05, 4.69) is 21.2 Å². The zero-order valence-electron chi connectivity index (χ0n) is 10.9. The molecule has 20 heavy (non-hydrogen) atoms. The van der Waals surface area contributed by atoms with Gasteiger partial charge in [0, 0.05) is 10.2 Å². The zero-order chi connectivity index (χ0) is 14.7. The lowest BCUT2D eigenvalue weighted by atomic mass is 10.1. The standard InChI is InChI=1S/C15H14BrFN2O/c1-9(10-3-2-4-11(16)7-10)19-15(20)13-6-5-12(18)8-14(13)17/h2-9H,18H2,1H3,(H,19,20)/t9-/m1/s1. The Morgan fingerprint density at radius 3 is 2.70 bits per heavy atom. The first kappa shape index (κ1) is 14.5. The maximum atomic E-state index is 13.7. The van der Waals surface area contributed by atoms with Crippen molar-refractivity contribution in [2.75, 3.05) is 5.73 Å². The molecule has 104 valence electrons. The van der Waals surface area contributed by atoms with Crippen LogP contribution in [0.15, 0.2) is 46.9 Å². The molecule has 0 unspecified atom stereocenters. The van der Waals surface area contributed by atoms with E-state index in [0.717, 1.165) is 16.1 Å². The minimum absolute atomic E-state index is 0.0129. The number of carbonyl (C=O) groups is 1. The Morgan fingerprint density at radius 2 is 2.05 bits per heavy atom. The van der Waals surface area contributed by atoms with Crippen molar-refractivity contribution in [3.8, 4) is 0 Å². The second-order valence-corrected chi connectivity index (χ2v) is 5.41. The van der Waals surface area contributed by atoms with E-state index < -0.39 is 11.7 Å². The highest BCUT2D eigenvalue weighted by Gasteiger charge is 2.15. The number of halogens is 2. The van der Waals surface area contributed by atoms with Gasteiger partial charge in [0.25, 0.3) is 5.91 Å².